The highest BCUT2D eigenvalue weighted by Gasteiger charge is 2.22. The number of methoxy groups -OCH3 is 3. The van der Waals surface area contributed by atoms with Gasteiger partial charge in [0.2, 0.25) is 5.91 Å². The Bertz CT molecular complexity index is 1390. The number of hydrogen-bond acceptors (Lipinski definition) is 5. The molecule has 0 aliphatic carbocycles. The normalized spacial score (nSPS) is 10.8. The molecule has 0 spiro atoms. The van der Waals surface area contributed by atoms with E-state index >= 15 is 0 Å². The summed E-state index contributed by atoms with van der Waals surface area (Å²) >= 11 is 0. The molecule has 186 valence electrons. The van der Waals surface area contributed by atoms with Crippen LogP contribution in [0.25, 0.3) is 10.9 Å². The third kappa shape index (κ3) is 5.05. The van der Waals surface area contributed by atoms with Crippen LogP contribution in [0.1, 0.15) is 27.2 Å². The van der Waals surface area contributed by atoms with Gasteiger partial charge in [0.05, 0.1) is 33.3 Å². The van der Waals surface area contributed by atoms with Crippen LogP contribution in [0.15, 0.2) is 66.7 Å². The molecule has 0 atom stereocenters. The SMILES string of the molecule is COc1ccc2c(c1)c(CC(=O)NCCc1ccc(OC)c(OC)c1)c(C)n2C(=O)c1ccccc1. The summed E-state index contributed by atoms with van der Waals surface area (Å²) in [5.41, 5.74) is 3.90. The fourth-order valence-corrected chi connectivity index (χ4v) is 4.39. The molecule has 7 nitrogen and oxygen atoms in total. The molecule has 3 aromatic carbocycles. The summed E-state index contributed by atoms with van der Waals surface area (Å²) in [6, 6.07) is 20.4. The van der Waals surface area contributed by atoms with Crippen molar-refractivity contribution in [1.82, 2.24) is 9.88 Å². The van der Waals surface area contributed by atoms with E-state index in [0.717, 1.165) is 27.7 Å². The molecule has 7 heteroatoms. The number of rotatable bonds is 9. The highest BCUT2D eigenvalue weighted by Crippen LogP contribution is 2.31. The largest absolute Gasteiger partial charge is 0.497 e. The van der Waals surface area contributed by atoms with Crippen molar-refractivity contribution in [2.45, 2.75) is 19.8 Å². The zero-order chi connectivity index (χ0) is 25.7. The van der Waals surface area contributed by atoms with Gasteiger partial charge in [0, 0.05) is 23.2 Å². The van der Waals surface area contributed by atoms with Gasteiger partial charge in [-0.25, -0.2) is 0 Å². The number of amides is 1. The van der Waals surface area contributed by atoms with Crippen molar-refractivity contribution in [1.29, 1.82) is 0 Å². The van der Waals surface area contributed by atoms with E-state index in [2.05, 4.69) is 5.32 Å². The molecule has 4 rings (SSSR count). The molecule has 4 aromatic rings. The van der Waals surface area contributed by atoms with E-state index in [4.69, 9.17) is 14.2 Å². The topological polar surface area (TPSA) is 78.8 Å². The quantitative estimate of drug-likeness (QED) is 0.375. The molecule has 0 bridgehead atoms. The van der Waals surface area contributed by atoms with E-state index < -0.39 is 0 Å². The molecule has 1 heterocycles. The highest BCUT2D eigenvalue weighted by molar-refractivity contribution is 6.05. The minimum absolute atomic E-state index is 0.118. The number of nitrogens with one attached hydrogen (secondary N) is 1. The molecular formula is C29H30N2O5. The van der Waals surface area contributed by atoms with Crippen molar-refractivity contribution in [2.24, 2.45) is 0 Å². The van der Waals surface area contributed by atoms with Crippen LogP contribution in [-0.2, 0) is 17.6 Å². The van der Waals surface area contributed by atoms with Crippen molar-refractivity contribution in [3.63, 3.8) is 0 Å². The van der Waals surface area contributed by atoms with Gasteiger partial charge in [-0.1, -0.05) is 24.3 Å². The van der Waals surface area contributed by atoms with Crippen molar-refractivity contribution >= 4 is 22.7 Å². The fourth-order valence-electron chi connectivity index (χ4n) is 4.39. The number of nitrogens with zero attached hydrogens (tertiary/aromatic N) is 1. The standard InChI is InChI=1S/C29H30N2O5/c1-19-23(18-28(32)30-15-14-20-10-13-26(35-3)27(16-20)36-4)24-17-22(34-2)11-12-25(24)31(19)29(33)21-8-6-5-7-9-21/h5-13,16-17H,14-15,18H2,1-4H3,(H,30,32). The van der Waals surface area contributed by atoms with Gasteiger partial charge in [-0.15, -0.1) is 0 Å². The van der Waals surface area contributed by atoms with Crippen molar-refractivity contribution in [2.75, 3.05) is 27.9 Å². The van der Waals surface area contributed by atoms with Crippen LogP contribution in [0.5, 0.6) is 17.2 Å². The highest BCUT2D eigenvalue weighted by atomic mass is 16.5. The lowest BCUT2D eigenvalue weighted by Crippen LogP contribution is -2.27. The summed E-state index contributed by atoms with van der Waals surface area (Å²) < 4.78 is 17.7. The molecule has 36 heavy (non-hydrogen) atoms. The van der Waals surface area contributed by atoms with Gasteiger partial charge in [0.15, 0.2) is 11.5 Å². The lowest BCUT2D eigenvalue weighted by Gasteiger charge is -2.10. The third-order valence-electron chi connectivity index (χ3n) is 6.29. The first-order valence-corrected chi connectivity index (χ1v) is 11.7. The average Bonchev–Trinajstić information content (AvgIpc) is 3.18. The van der Waals surface area contributed by atoms with Gasteiger partial charge in [-0.3, -0.25) is 14.2 Å². The molecule has 0 unspecified atom stereocenters. The van der Waals surface area contributed by atoms with Gasteiger partial charge in [0.1, 0.15) is 5.75 Å². The number of ether oxygens (including phenoxy) is 3. The van der Waals surface area contributed by atoms with Crippen LogP contribution in [0.3, 0.4) is 0 Å². The minimum atomic E-state index is -0.136. The maximum absolute atomic E-state index is 13.4. The molecule has 1 amide bonds. The number of aromatic nitrogens is 1. The number of carbonyl (C=O) groups excluding carboxylic acids is 2. The van der Waals surface area contributed by atoms with E-state index in [-0.39, 0.29) is 18.2 Å². The van der Waals surface area contributed by atoms with Crippen LogP contribution < -0.4 is 19.5 Å². The van der Waals surface area contributed by atoms with Gasteiger partial charge < -0.3 is 19.5 Å². The Morgan fingerprint density at radius 1 is 0.861 bits per heavy atom. The Morgan fingerprint density at radius 2 is 1.61 bits per heavy atom. The zero-order valence-electron chi connectivity index (χ0n) is 21.0. The van der Waals surface area contributed by atoms with Crippen LogP contribution >= 0.6 is 0 Å². The van der Waals surface area contributed by atoms with E-state index in [1.165, 1.54) is 0 Å². The number of hydrogen-bond donors (Lipinski definition) is 1. The Hall–Kier alpha value is -4.26. The summed E-state index contributed by atoms with van der Waals surface area (Å²) in [7, 11) is 4.79. The Morgan fingerprint density at radius 3 is 2.31 bits per heavy atom. The number of carbonyl (C=O) groups is 2. The first kappa shape index (κ1) is 24.9. The van der Waals surface area contributed by atoms with Gasteiger partial charge >= 0.3 is 0 Å². The predicted molar refractivity (Wildman–Crippen MR) is 139 cm³/mol. The first-order chi connectivity index (χ1) is 17.5. The second-order valence-corrected chi connectivity index (χ2v) is 8.42. The summed E-state index contributed by atoms with van der Waals surface area (Å²) in [5, 5.41) is 3.83. The first-order valence-electron chi connectivity index (χ1n) is 11.7. The van der Waals surface area contributed by atoms with Crippen LogP contribution in [0.2, 0.25) is 0 Å². The van der Waals surface area contributed by atoms with Crippen molar-refractivity contribution in [3.8, 4) is 17.2 Å². The second kappa shape index (κ2) is 11.0. The number of fused-ring (bicyclic) bond motifs is 1. The Kier molecular flexibility index (Phi) is 7.59. The maximum Gasteiger partial charge on any atom is 0.262 e. The smallest absolute Gasteiger partial charge is 0.262 e. The van der Waals surface area contributed by atoms with Gasteiger partial charge in [-0.05, 0) is 66.9 Å². The second-order valence-electron chi connectivity index (χ2n) is 8.42. The molecule has 0 saturated carbocycles. The summed E-state index contributed by atoms with van der Waals surface area (Å²) in [5.74, 6) is 1.73. The Balaban J connectivity index is 1.55. The van der Waals surface area contributed by atoms with Crippen LogP contribution in [-0.4, -0.2) is 44.3 Å². The zero-order valence-corrected chi connectivity index (χ0v) is 21.0. The maximum atomic E-state index is 13.4. The molecule has 0 aliphatic heterocycles. The Labute approximate surface area is 210 Å². The third-order valence-corrected chi connectivity index (χ3v) is 6.29. The molecule has 0 fully saturated rings. The minimum Gasteiger partial charge on any atom is -0.497 e. The summed E-state index contributed by atoms with van der Waals surface area (Å²) in [4.78, 5) is 26.3. The van der Waals surface area contributed by atoms with Gasteiger partial charge in [-0.2, -0.15) is 0 Å². The molecule has 1 aromatic heterocycles. The fraction of sp³-hybridized carbons (Fsp3) is 0.241. The van der Waals surface area contributed by atoms with Gasteiger partial charge in [0.25, 0.3) is 5.91 Å². The van der Waals surface area contributed by atoms with E-state index in [1.807, 2.05) is 61.5 Å². The average molecular weight is 487 g/mol. The van der Waals surface area contributed by atoms with E-state index in [1.54, 1.807) is 38.0 Å². The van der Waals surface area contributed by atoms with Crippen LogP contribution in [0.4, 0.5) is 0 Å². The van der Waals surface area contributed by atoms with Crippen molar-refractivity contribution < 1.29 is 23.8 Å². The number of benzene rings is 3. The van der Waals surface area contributed by atoms with E-state index in [9.17, 15) is 9.59 Å². The lowest BCUT2D eigenvalue weighted by atomic mass is 10.1. The lowest BCUT2D eigenvalue weighted by molar-refractivity contribution is -0.120. The van der Waals surface area contributed by atoms with Crippen molar-refractivity contribution in [3.05, 3.63) is 89.1 Å². The molecule has 0 saturated heterocycles. The molecule has 0 radical (unpaired) electrons. The summed E-state index contributed by atoms with van der Waals surface area (Å²) in [6.45, 7) is 2.35. The van der Waals surface area contributed by atoms with Crippen LogP contribution in [0, 0.1) is 6.92 Å². The molecule has 1 N–H and O–H groups in total. The summed E-state index contributed by atoms with van der Waals surface area (Å²) in [6.07, 6.45) is 0.795. The predicted octanol–water partition coefficient (Wildman–Crippen LogP) is 4.57. The monoisotopic (exact) mass is 486 g/mol. The van der Waals surface area contributed by atoms with E-state index in [0.29, 0.717) is 35.8 Å². The molecular weight excluding hydrogens is 456 g/mol. The molecule has 0 aliphatic rings.